The Labute approximate surface area is 189 Å². The molecular weight excluding hydrogens is 418 g/mol. The molecule has 0 bridgehead atoms. The van der Waals surface area contributed by atoms with Crippen LogP contribution in [0.1, 0.15) is 10.4 Å². The Balaban J connectivity index is 1.29. The van der Waals surface area contributed by atoms with Crippen LogP contribution in [-0.2, 0) is 0 Å². The lowest BCUT2D eigenvalue weighted by atomic mass is 10.1. The second-order valence-electron chi connectivity index (χ2n) is 7.37. The molecule has 0 aliphatic rings. The van der Waals surface area contributed by atoms with Crippen molar-refractivity contribution in [3.63, 3.8) is 0 Å². The van der Waals surface area contributed by atoms with Crippen molar-refractivity contribution in [2.24, 2.45) is 0 Å². The van der Waals surface area contributed by atoms with E-state index < -0.39 is 11.9 Å². The van der Waals surface area contributed by atoms with Crippen LogP contribution in [0.4, 0.5) is 10.5 Å². The first-order chi connectivity index (χ1) is 16.1. The van der Waals surface area contributed by atoms with E-state index in [1.54, 1.807) is 36.4 Å². The zero-order chi connectivity index (χ0) is 22.8. The smallest absolute Gasteiger partial charge is 0.326 e. The SMILES string of the molecule is COc1cc2ccccc2cc1C(=O)NC(=O)Nc1ccc(-c2nc3ccccc3o2)cc1. The van der Waals surface area contributed by atoms with Gasteiger partial charge in [0.25, 0.3) is 5.91 Å². The minimum Gasteiger partial charge on any atom is -0.496 e. The van der Waals surface area contributed by atoms with Crippen molar-refractivity contribution in [1.29, 1.82) is 0 Å². The molecule has 0 atom stereocenters. The topological polar surface area (TPSA) is 93.5 Å². The number of carbonyl (C=O) groups excluding carboxylic acids is 2. The summed E-state index contributed by atoms with van der Waals surface area (Å²) in [5.41, 5.74) is 3.05. The standard InChI is InChI=1S/C26H19N3O4/c1-32-23-15-18-7-3-2-6-17(18)14-20(23)24(30)29-26(31)27-19-12-10-16(11-13-19)25-28-21-8-4-5-9-22(21)33-25/h2-15H,1H3,(H2,27,29,30,31). The van der Waals surface area contributed by atoms with E-state index in [0.717, 1.165) is 21.9 Å². The average molecular weight is 437 g/mol. The van der Waals surface area contributed by atoms with Crippen LogP contribution in [0.25, 0.3) is 33.3 Å². The highest BCUT2D eigenvalue weighted by Crippen LogP contribution is 2.27. The van der Waals surface area contributed by atoms with E-state index in [9.17, 15) is 9.59 Å². The molecule has 162 valence electrons. The Morgan fingerprint density at radius 1 is 0.879 bits per heavy atom. The largest absolute Gasteiger partial charge is 0.496 e. The predicted molar refractivity (Wildman–Crippen MR) is 126 cm³/mol. The number of methoxy groups -OCH3 is 1. The van der Waals surface area contributed by atoms with E-state index in [1.807, 2.05) is 48.5 Å². The molecule has 4 aromatic carbocycles. The fourth-order valence-electron chi connectivity index (χ4n) is 3.59. The number of para-hydroxylation sites is 2. The van der Waals surface area contributed by atoms with Crippen LogP contribution >= 0.6 is 0 Å². The first kappa shape index (κ1) is 20.3. The van der Waals surface area contributed by atoms with Crippen LogP contribution in [0.2, 0.25) is 0 Å². The second kappa shape index (κ2) is 8.47. The van der Waals surface area contributed by atoms with Gasteiger partial charge in [0.05, 0.1) is 12.7 Å². The molecule has 7 heteroatoms. The number of aromatic nitrogens is 1. The molecule has 1 aromatic heterocycles. The van der Waals surface area contributed by atoms with Crippen LogP contribution in [0.3, 0.4) is 0 Å². The van der Waals surface area contributed by atoms with E-state index in [1.165, 1.54) is 7.11 Å². The third-order valence-corrected chi connectivity index (χ3v) is 5.22. The number of ether oxygens (including phenoxy) is 1. The van der Waals surface area contributed by atoms with E-state index in [4.69, 9.17) is 9.15 Å². The van der Waals surface area contributed by atoms with Crippen molar-refractivity contribution in [2.45, 2.75) is 0 Å². The van der Waals surface area contributed by atoms with Crippen molar-refractivity contribution < 1.29 is 18.7 Å². The number of oxazole rings is 1. The molecule has 3 amide bonds. The zero-order valence-electron chi connectivity index (χ0n) is 17.7. The summed E-state index contributed by atoms with van der Waals surface area (Å²) in [6, 6.07) is 25.0. The van der Waals surface area contributed by atoms with E-state index in [2.05, 4.69) is 15.6 Å². The molecule has 0 spiro atoms. The monoisotopic (exact) mass is 437 g/mol. The van der Waals surface area contributed by atoms with Gasteiger partial charge in [0.1, 0.15) is 11.3 Å². The molecule has 0 saturated heterocycles. The maximum absolute atomic E-state index is 12.7. The quantitative estimate of drug-likeness (QED) is 0.381. The number of amides is 3. The van der Waals surface area contributed by atoms with Gasteiger partial charge in [0.15, 0.2) is 5.58 Å². The summed E-state index contributed by atoms with van der Waals surface area (Å²) < 4.78 is 11.1. The van der Waals surface area contributed by atoms with Gasteiger partial charge in [-0.25, -0.2) is 9.78 Å². The molecule has 0 aliphatic heterocycles. The fourth-order valence-corrected chi connectivity index (χ4v) is 3.59. The number of urea groups is 1. The number of benzene rings is 4. The van der Waals surface area contributed by atoms with Gasteiger partial charge < -0.3 is 14.5 Å². The molecule has 5 aromatic rings. The molecule has 0 aliphatic carbocycles. The van der Waals surface area contributed by atoms with Crippen LogP contribution < -0.4 is 15.4 Å². The number of hydrogen-bond acceptors (Lipinski definition) is 5. The van der Waals surface area contributed by atoms with Crippen molar-refractivity contribution in [3.8, 4) is 17.2 Å². The number of nitrogens with zero attached hydrogens (tertiary/aromatic N) is 1. The minimum absolute atomic E-state index is 0.276. The third-order valence-electron chi connectivity index (χ3n) is 5.22. The van der Waals surface area contributed by atoms with Crippen LogP contribution in [0.15, 0.2) is 89.3 Å². The Morgan fingerprint density at radius 3 is 2.30 bits per heavy atom. The first-order valence-electron chi connectivity index (χ1n) is 10.3. The molecule has 0 fully saturated rings. The van der Waals surface area contributed by atoms with Crippen molar-refractivity contribution in [2.75, 3.05) is 12.4 Å². The lowest BCUT2D eigenvalue weighted by Crippen LogP contribution is -2.34. The third kappa shape index (κ3) is 4.12. The average Bonchev–Trinajstić information content (AvgIpc) is 3.28. The summed E-state index contributed by atoms with van der Waals surface area (Å²) in [5.74, 6) is 0.325. The lowest BCUT2D eigenvalue weighted by Gasteiger charge is -2.11. The highest BCUT2D eigenvalue weighted by Gasteiger charge is 2.17. The summed E-state index contributed by atoms with van der Waals surface area (Å²) in [6.45, 7) is 0. The maximum atomic E-state index is 12.7. The zero-order valence-corrected chi connectivity index (χ0v) is 17.7. The Bertz CT molecular complexity index is 1460. The van der Waals surface area contributed by atoms with E-state index in [-0.39, 0.29) is 5.56 Å². The number of imide groups is 1. The van der Waals surface area contributed by atoms with Gasteiger partial charge in [-0.2, -0.15) is 0 Å². The second-order valence-corrected chi connectivity index (χ2v) is 7.37. The predicted octanol–water partition coefficient (Wildman–Crippen LogP) is 5.62. The normalized spacial score (nSPS) is 10.8. The number of hydrogen-bond donors (Lipinski definition) is 2. The van der Waals surface area contributed by atoms with Crippen LogP contribution in [0.5, 0.6) is 5.75 Å². The summed E-state index contributed by atoms with van der Waals surface area (Å²) in [5, 5.41) is 6.82. The Morgan fingerprint density at radius 2 is 1.58 bits per heavy atom. The van der Waals surface area contributed by atoms with E-state index in [0.29, 0.717) is 22.9 Å². The number of anilines is 1. The minimum atomic E-state index is -0.648. The summed E-state index contributed by atoms with van der Waals surface area (Å²) in [7, 11) is 1.49. The highest BCUT2D eigenvalue weighted by molar-refractivity contribution is 6.10. The molecule has 7 nitrogen and oxygen atoms in total. The van der Waals surface area contributed by atoms with Gasteiger partial charge in [-0.3, -0.25) is 10.1 Å². The number of fused-ring (bicyclic) bond motifs is 2. The molecule has 2 N–H and O–H groups in total. The van der Waals surface area contributed by atoms with Gasteiger partial charge in [-0.05, 0) is 59.3 Å². The van der Waals surface area contributed by atoms with Gasteiger partial charge in [0, 0.05) is 11.3 Å². The van der Waals surface area contributed by atoms with Crippen molar-refractivity contribution in [1.82, 2.24) is 10.3 Å². The highest BCUT2D eigenvalue weighted by atomic mass is 16.5. The molecule has 0 unspecified atom stereocenters. The summed E-state index contributed by atoms with van der Waals surface area (Å²) >= 11 is 0. The molecule has 0 saturated carbocycles. The summed E-state index contributed by atoms with van der Waals surface area (Å²) in [4.78, 5) is 29.6. The van der Waals surface area contributed by atoms with Gasteiger partial charge >= 0.3 is 6.03 Å². The maximum Gasteiger partial charge on any atom is 0.326 e. The van der Waals surface area contributed by atoms with Crippen molar-refractivity contribution in [3.05, 3.63) is 90.5 Å². The van der Waals surface area contributed by atoms with Gasteiger partial charge in [-0.1, -0.05) is 36.4 Å². The van der Waals surface area contributed by atoms with Crippen LogP contribution in [0, 0.1) is 0 Å². The number of carbonyl (C=O) groups is 2. The number of nitrogens with one attached hydrogen (secondary N) is 2. The summed E-state index contributed by atoms with van der Waals surface area (Å²) in [6.07, 6.45) is 0. The van der Waals surface area contributed by atoms with E-state index >= 15 is 0 Å². The molecular formula is C26H19N3O4. The van der Waals surface area contributed by atoms with Gasteiger partial charge in [0.2, 0.25) is 5.89 Å². The Hall–Kier alpha value is -4.65. The Kier molecular flexibility index (Phi) is 5.20. The molecule has 1 heterocycles. The fraction of sp³-hybridized carbons (Fsp3) is 0.0385. The first-order valence-corrected chi connectivity index (χ1v) is 10.3. The number of rotatable bonds is 4. The van der Waals surface area contributed by atoms with Crippen molar-refractivity contribution >= 4 is 39.5 Å². The van der Waals surface area contributed by atoms with Crippen LogP contribution in [-0.4, -0.2) is 24.0 Å². The molecule has 5 rings (SSSR count). The molecule has 0 radical (unpaired) electrons. The molecule has 33 heavy (non-hydrogen) atoms. The lowest BCUT2D eigenvalue weighted by molar-refractivity contribution is 0.0964. The van der Waals surface area contributed by atoms with Gasteiger partial charge in [-0.15, -0.1) is 0 Å².